The molecule has 0 aliphatic carbocycles. The fourth-order valence-electron chi connectivity index (χ4n) is 1.91. The zero-order valence-corrected chi connectivity index (χ0v) is 12.2. The maximum atomic E-state index is 8.71. The van der Waals surface area contributed by atoms with Crippen LogP contribution in [0.25, 0.3) is 0 Å². The Labute approximate surface area is 121 Å². The molecule has 20 heavy (non-hydrogen) atoms. The number of amidine groups is 1. The minimum atomic E-state index is -0.266. The van der Waals surface area contributed by atoms with Crippen molar-refractivity contribution in [3.63, 3.8) is 0 Å². The van der Waals surface area contributed by atoms with Crippen molar-refractivity contribution in [3.8, 4) is 12.3 Å². The normalized spacial score (nSPS) is 11.9. The lowest BCUT2D eigenvalue weighted by Crippen LogP contribution is -2.31. The fourth-order valence-corrected chi connectivity index (χ4v) is 1.91. The summed E-state index contributed by atoms with van der Waals surface area (Å²) in [5.74, 6) is 2.90. The minimum Gasteiger partial charge on any atom is -0.409 e. The van der Waals surface area contributed by atoms with Gasteiger partial charge in [0.05, 0.1) is 0 Å². The van der Waals surface area contributed by atoms with E-state index in [1.807, 2.05) is 38.1 Å². The van der Waals surface area contributed by atoms with Gasteiger partial charge in [0, 0.05) is 23.2 Å². The van der Waals surface area contributed by atoms with Crippen molar-refractivity contribution in [2.45, 2.75) is 33.1 Å². The molecule has 0 unspecified atom stereocenters. The molecular formula is C16H23N3O. The van der Waals surface area contributed by atoms with Gasteiger partial charge in [0.25, 0.3) is 0 Å². The first-order valence-corrected chi connectivity index (χ1v) is 6.78. The summed E-state index contributed by atoms with van der Waals surface area (Å²) < 4.78 is 0. The van der Waals surface area contributed by atoms with Crippen LogP contribution in [0.1, 0.15) is 38.7 Å². The van der Waals surface area contributed by atoms with E-state index in [0.29, 0.717) is 0 Å². The number of oxime groups is 1. The number of hydrogen-bond donors (Lipinski definition) is 3. The average molecular weight is 273 g/mol. The van der Waals surface area contributed by atoms with Gasteiger partial charge in [-0.25, -0.2) is 0 Å². The van der Waals surface area contributed by atoms with Crippen molar-refractivity contribution in [3.05, 3.63) is 29.8 Å². The standard InChI is InChI=1S/C16H23N3O/c1-4-13-8-7-9-14(12-13)18-11-6-5-10-16(2,3)15(17)19-20/h1,7-9,12,18,20H,5-6,10-11H2,2-3H3,(H2,17,19). The molecule has 1 rings (SSSR count). The maximum Gasteiger partial charge on any atom is 0.144 e. The number of anilines is 1. The van der Waals surface area contributed by atoms with Gasteiger partial charge in [-0.1, -0.05) is 37.4 Å². The average Bonchev–Trinajstić information content (AvgIpc) is 2.46. The molecule has 0 saturated heterocycles. The summed E-state index contributed by atoms with van der Waals surface area (Å²) >= 11 is 0. The maximum absolute atomic E-state index is 8.71. The van der Waals surface area contributed by atoms with E-state index < -0.39 is 0 Å². The summed E-state index contributed by atoms with van der Waals surface area (Å²) in [4.78, 5) is 0. The third-order valence-electron chi connectivity index (χ3n) is 3.39. The first-order chi connectivity index (χ1) is 9.49. The van der Waals surface area contributed by atoms with Gasteiger partial charge in [0.2, 0.25) is 0 Å². The van der Waals surface area contributed by atoms with E-state index in [-0.39, 0.29) is 11.3 Å². The van der Waals surface area contributed by atoms with Crippen LogP contribution in [0.3, 0.4) is 0 Å². The number of nitrogens with zero attached hydrogens (tertiary/aromatic N) is 1. The lowest BCUT2D eigenvalue weighted by atomic mass is 9.86. The van der Waals surface area contributed by atoms with Crippen LogP contribution in [0.2, 0.25) is 0 Å². The molecule has 0 amide bonds. The highest BCUT2D eigenvalue weighted by molar-refractivity contribution is 5.85. The summed E-state index contributed by atoms with van der Waals surface area (Å²) in [6.07, 6.45) is 8.27. The quantitative estimate of drug-likeness (QED) is 0.179. The number of rotatable bonds is 7. The van der Waals surface area contributed by atoms with Crippen molar-refractivity contribution in [2.75, 3.05) is 11.9 Å². The Morgan fingerprint density at radius 2 is 2.20 bits per heavy atom. The molecule has 108 valence electrons. The van der Waals surface area contributed by atoms with E-state index in [0.717, 1.165) is 37.1 Å². The fraction of sp³-hybridized carbons (Fsp3) is 0.438. The highest BCUT2D eigenvalue weighted by atomic mass is 16.4. The first-order valence-electron chi connectivity index (χ1n) is 6.78. The van der Waals surface area contributed by atoms with Gasteiger partial charge in [-0.05, 0) is 31.0 Å². The van der Waals surface area contributed by atoms with Crippen molar-refractivity contribution in [2.24, 2.45) is 16.3 Å². The van der Waals surface area contributed by atoms with E-state index in [9.17, 15) is 0 Å². The molecule has 0 bridgehead atoms. The summed E-state index contributed by atoms with van der Waals surface area (Å²) in [6.45, 7) is 4.83. The lowest BCUT2D eigenvalue weighted by Gasteiger charge is -2.22. The molecule has 4 N–H and O–H groups in total. The van der Waals surface area contributed by atoms with Crippen molar-refractivity contribution >= 4 is 11.5 Å². The third-order valence-corrected chi connectivity index (χ3v) is 3.39. The molecule has 0 saturated carbocycles. The Morgan fingerprint density at radius 3 is 2.85 bits per heavy atom. The second-order valence-electron chi connectivity index (χ2n) is 5.48. The lowest BCUT2D eigenvalue weighted by molar-refractivity contribution is 0.304. The highest BCUT2D eigenvalue weighted by Gasteiger charge is 2.22. The molecular weight excluding hydrogens is 250 g/mol. The SMILES string of the molecule is C#Cc1cccc(NCCCCC(C)(C)/C(N)=N/O)c1. The van der Waals surface area contributed by atoms with Crippen molar-refractivity contribution in [1.82, 2.24) is 0 Å². The number of hydrogen-bond acceptors (Lipinski definition) is 3. The second-order valence-corrected chi connectivity index (χ2v) is 5.48. The van der Waals surface area contributed by atoms with Crippen LogP contribution in [0, 0.1) is 17.8 Å². The van der Waals surface area contributed by atoms with Gasteiger partial charge < -0.3 is 16.3 Å². The largest absolute Gasteiger partial charge is 0.409 e. The number of nitrogens with two attached hydrogens (primary N) is 1. The Kier molecular flexibility index (Phi) is 5.92. The van der Waals surface area contributed by atoms with Crippen LogP contribution in [-0.4, -0.2) is 17.6 Å². The van der Waals surface area contributed by atoms with Gasteiger partial charge >= 0.3 is 0 Å². The smallest absolute Gasteiger partial charge is 0.144 e. The summed E-state index contributed by atoms with van der Waals surface area (Å²) in [7, 11) is 0. The predicted molar refractivity (Wildman–Crippen MR) is 83.9 cm³/mol. The molecule has 0 aliphatic heterocycles. The highest BCUT2D eigenvalue weighted by Crippen LogP contribution is 2.23. The molecule has 0 fully saturated rings. The van der Waals surface area contributed by atoms with Gasteiger partial charge in [-0.15, -0.1) is 6.42 Å². The van der Waals surface area contributed by atoms with E-state index >= 15 is 0 Å². The van der Waals surface area contributed by atoms with Crippen molar-refractivity contribution in [1.29, 1.82) is 0 Å². The molecule has 1 aromatic rings. The van der Waals surface area contributed by atoms with Gasteiger partial charge in [-0.2, -0.15) is 0 Å². The van der Waals surface area contributed by atoms with Crippen molar-refractivity contribution < 1.29 is 5.21 Å². The minimum absolute atomic E-state index is 0.266. The zero-order valence-electron chi connectivity index (χ0n) is 12.2. The van der Waals surface area contributed by atoms with Crippen LogP contribution in [0.4, 0.5) is 5.69 Å². The van der Waals surface area contributed by atoms with E-state index in [4.69, 9.17) is 17.4 Å². The number of benzene rings is 1. The van der Waals surface area contributed by atoms with Gasteiger partial charge in [-0.3, -0.25) is 0 Å². The molecule has 1 aromatic carbocycles. The first kappa shape index (κ1) is 15.9. The number of unbranched alkanes of at least 4 members (excludes halogenated alkanes) is 1. The van der Waals surface area contributed by atoms with E-state index in [1.54, 1.807) is 0 Å². The van der Waals surface area contributed by atoms with Crippen LogP contribution in [0.5, 0.6) is 0 Å². The summed E-state index contributed by atoms with van der Waals surface area (Å²) in [5, 5.41) is 15.1. The molecule has 0 aliphatic rings. The Hall–Kier alpha value is -2.15. The number of terminal acetylenes is 1. The monoisotopic (exact) mass is 273 g/mol. The third kappa shape index (κ3) is 4.85. The molecule has 0 radical (unpaired) electrons. The molecule has 0 spiro atoms. The van der Waals surface area contributed by atoms with Crippen LogP contribution in [0.15, 0.2) is 29.4 Å². The Balaban J connectivity index is 2.31. The molecule has 4 heteroatoms. The number of nitrogens with one attached hydrogen (secondary N) is 1. The van der Waals surface area contributed by atoms with E-state index in [2.05, 4.69) is 16.4 Å². The Bertz CT molecular complexity index is 501. The van der Waals surface area contributed by atoms with E-state index in [1.165, 1.54) is 0 Å². The molecule has 0 aromatic heterocycles. The second kappa shape index (κ2) is 7.44. The molecule has 0 heterocycles. The summed E-state index contributed by atoms with van der Waals surface area (Å²) in [6, 6.07) is 7.81. The van der Waals surface area contributed by atoms with Crippen LogP contribution in [-0.2, 0) is 0 Å². The summed E-state index contributed by atoms with van der Waals surface area (Å²) in [5.41, 5.74) is 7.30. The Morgan fingerprint density at radius 1 is 1.45 bits per heavy atom. The van der Waals surface area contributed by atoms with Crippen LogP contribution < -0.4 is 11.1 Å². The van der Waals surface area contributed by atoms with Gasteiger partial charge in [0.1, 0.15) is 5.84 Å². The van der Waals surface area contributed by atoms with Crippen LogP contribution >= 0.6 is 0 Å². The van der Waals surface area contributed by atoms with Gasteiger partial charge in [0.15, 0.2) is 0 Å². The molecule has 4 nitrogen and oxygen atoms in total. The molecule has 0 atom stereocenters. The zero-order chi connectivity index (χ0) is 15.0. The predicted octanol–water partition coefficient (Wildman–Crippen LogP) is 3.02. The topological polar surface area (TPSA) is 70.6 Å².